The summed E-state index contributed by atoms with van der Waals surface area (Å²) in [7, 11) is 0. The minimum absolute atomic E-state index is 0.0271. The average Bonchev–Trinajstić information content (AvgIpc) is 2.80. The van der Waals surface area contributed by atoms with Crippen LogP contribution in [0.15, 0.2) is 24.5 Å². The van der Waals surface area contributed by atoms with Gasteiger partial charge in [0.2, 0.25) is 0 Å². The fourth-order valence-corrected chi connectivity index (χ4v) is 1.65. The number of hydrogen-bond donors (Lipinski definition) is 1. The number of hydrogen-bond acceptors (Lipinski definition) is 3. The standard InChI is InChI=1S/C12H12ClFN4O/c1-7(2)18-4-3-10(17-18)16-12(19)9-5-8(14)6-15-11(9)13/h3-7H,1-2H3,(H,16,17,19). The van der Waals surface area contributed by atoms with E-state index in [1.54, 1.807) is 16.9 Å². The van der Waals surface area contributed by atoms with Crippen molar-refractivity contribution in [1.29, 1.82) is 0 Å². The van der Waals surface area contributed by atoms with Crippen molar-refractivity contribution >= 4 is 23.3 Å². The SMILES string of the molecule is CC(C)n1ccc(NC(=O)c2cc(F)cnc2Cl)n1. The Morgan fingerprint density at radius 2 is 2.26 bits per heavy atom. The Morgan fingerprint density at radius 1 is 1.53 bits per heavy atom. The lowest BCUT2D eigenvalue weighted by atomic mass is 10.2. The summed E-state index contributed by atoms with van der Waals surface area (Å²) >= 11 is 5.75. The van der Waals surface area contributed by atoms with Gasteiger partial charge in [-0.3, -0.25) is 9.48 Å². The normalized spacial score (nSPS) is 10.8. The molecule has 0 unspecified atom stereocenters. The first-order valence-electron chi connectivity index (χ1n) is 5.65. The van der Waals surface area contributed by atoms with E-state index in [4.69, 9.17) is 11.6 Å². The summed E-state index contributed by atoms with van der Waals surface area (Å²) in [5, 5.41) is 6.64. The van der Waals surface area contributed by atoms with Crippen molar-refractivity contribution in [2.24, 2.45) is 0 Å². The third-order valence-corrected chi connectivity index (χ3v) is 2.73. The van der Waals surface area contributed by atoms with E-state index in [0.29, 0.717) is 5.82 Å². The number of pyridine rings is 1. The predicted molar refractivity (Wildman–Crippen MR) is 69.8 cm³/mol. The molecule has 0 bridgehead atoms. The molecule has 0 aliphatic rings. The zero-order valence-electron chi connectivity index (χ0n) is 10.4. The molecule has 2 heterocycles. The van der Waals surface area contributed by atoms with E-state index in [0.717, 1.165) is 12.3 Å². The maximum Gasteiger partial charge on any atom is 0.260 e. The Bertz CT molecular complexity index is 612. The summed E-state index contributed by atoms with van der Waals surface area (Å²) in [5.74, 6) is -0.799. The van der Waals surface area contributed by atoms with Gasteiger partial charge in [0.1, 0.15) is 11.0 Å². The second-order valence-corrected chi connectivity index (χ2v) is 4.58. The number of carbonyl (C=O) groups excluding carboxylic acids is 1. The molecule has 0 spiro atoms. The van der Waals surface area contributed by atoms with Crippen LogP contribution < -0.4 is 5.32 Å². The van der Waals surface area contributed by atoms with Crippen LogP contribution in [0.5, 0.6) is 0 Å². The number of nitrogens with one attached hydrogen (secondary N) is 1. The molecule has 0 saturated carbocycles. The van der Waals surface area contributed by atoms with Gasteiger partial charge in [0.15, 0.2) is 5.82 Å². The van der Waals surface area contributed by atoms with Gasteiger partial charge in [0.05, 0.1) is 11.8 Å². The van der Waals surface area contributed by atoms with Crippen LogP contribution in [0, 0.1) is 5.82 Å². The summed E-state index contributed by atoms with van der Waals surface area (Å²) in [6.45, 7) is 3.93. The number of amides is 1. The van der Waals surface area contributed by atoms with Crippen LogP contribution in [-0.4, -0.2) is 20.7 Å². The molecule has 100 valence electrons. The molecule has 2 aromatic rings. The molecule has 0 aromatic carbocycles. The Hall–Kier alpha value is -1.95. The second kappa shape index (κ2) is 5.36. The maximum absolute atomic E-state index is 13.0. The molecular formula is C12H12ClFN4O. The van der Waals surface area contributed by atoms with Gasteiger partial charge in [-0.25, -0.2) is 9.37 Å². The molecule has 0 aliphatic carbocycles. The average molecular weight is 283 g/mol. The Morgan fingerprint density at radius 3 is 2.89 bits per heavy atom. The molecule has 2 rings (SSSR count). The van der Waals surface area contributed by atoms with E-state index in [1.807, 2.05) is 13.8 Å². The topological polar surface area (TPSA) is 59.8 Å². The van der Waals surface area contributed by atoms with E-state index in [1.165, 1.54) is 0 Å². The van der Waals surface area contributed by atoms with Gasteiger partial charge in [0, 0.05) is 18.3 Å². The zero-order chi connectivity index (χ0) is 14.0. The maximum atomic E-state index is 13.0. The van der Waals surface area contributed by atoms with Crippen LogP contribution in [-0.2, 0) is 0 Å². The first kappa shape index (κ1) is 13.5. The lowest BCUT2D eigenvalue weighted by molar-refractivity contribution is 0.102. The zero-order valence-corrected chi connectivity index (χ0v) is 11.1. The van der Waals surface area contributed by atoms with Crippen LogP contribution in [0.2, 0.25) is 5.15 Å². The summed E-state index contributed by atoms with van der Waals surface area (Å²) in [6, 6.07) is 2.87. The molecule has 0 saturated heterocycles. The van der Waals surface area contributed by atoms with Gasteiger partial charge >= 0.3 is 0 Å². The highest BCUT2D eigenvalue weighted by Crippen LogP contribution is 2.16. The molecule has 0 fully saturated rings. The van der Waals surface area contributed by atoms with Gasteiger partial charge in [0.25, 0.3) is 5.91 Å². The Balaban J connectivity index is 2.18. The van der Waals surface area contributed by atoms with Crippen molar-refractivity contribution in [3.8, 4) is 0 Å². The number of aromatic nitrogens is 3. The van der Waals surface area contributed by atoms with Gasteiger partial charge in [-0.2, -0.15) is 5.10 Å². The lowest BCUT2D eigenvalue weighted by Crippen LogP contribution is -2.14. The van der Waals surface area contributed by atoms with Crippen molar-refractivity contribution < 1.29 is 9.18 Å². The Labute approximate surface area is 114 Å². The van der Waals surface area contributed by atoms with E-state index >= 15 is 0 Å². The Kier molecular flexibility index (Phi) is 3.80. The summed E-state index contributed by atoms with van der Waals surface area (Å²) in [6.07, 6.45) is 2.69. The highest BCUT2D eigenvalue weighted by molar-refractivity contribution is 6.33. The first-order valence-corrected chi connectivity index (χ1v) is 6.02. The van der Waals surface area contributed by atoms with Gasteiger partial charge in [-0.05, 0) is 19.9 Å². The van der Waals surface area contributed by atoms with Gasteiger partial charge < -0.3 is 5.32 Å². The molecule has 0 aliphatic heterocycles. The van der Waals surface area contributed by atoms with Crippen molar-refractivity contribution in [2.75, 3.05) is 5.32 Å². The quantitative estimate of drug-likeness (QED) is 0.881. The molecule has 7 heteroatoms. The van der Waals surface area contributed by atoms with E-state index in [2.05, 4.69) is 15.4 Å². The monoisotopic (exact) mass is 282 g/mol. The predicted octanol–water partition coefficient (Wildman–Crippen LogP) is 2.90. The van der Waals surface area contributed by atoms with Gasteiger partial charge in [-0.1, -0.05) is 11.6 Å². The van der Waals surface area contributed by atoms with E-state index in [9.17, 15) is 9.18 Å². The third-order valence-electron chi connectivity index (χ3n) is 2.43. The van der Waals surface area contributed by atoms with Crippen LogP contribution >= 0.6 is 11.6 Å². The third kappa shape index (κ3) is 3.08. The summed E-state index contributed by atoms with van der Waals surface area (Å²) in [4.78, 5) is 15.5. The molecule has 0 atom stereocenters. The minimum Gasteiger partial charge on any atom is -0.305 e. The molecular weight excluding hydrogens is 271 g/mol. The largest absolute Gasteiger partial charge is 0.305 e. The van der Waals surface area contributed by atoms with Crippen molar-refractivity contribution in [2.45, 2.75) is 19.9 Å². The fourth-order valence-electron chi connectivity index (χ4n) is 1.46. The smallest absolute Gasteiger partial charge is 0.260 e. The van der Waals surface area contributed by atoms with Crippen LogP contribution in [0.1, 0.15) is 30.2 Å². The highest BCUT2D eigenvalue weighted by atomic mass is 35.5. The summed E-state index contributed by atoms with van der Waals surface area (Å²) in [5.41, 5.74) is -0.0271. The number of anilines is 1. The van der Waals surface area contributed by atoms with Crippen LogP contribution in [0.3, 0.4) is 0 Å². The van der Waals surface area contributed by atoms with Crippen molar-refractivity contribution in [1.82, 2.24) is 14.8 Å². The number of nitrogens with zero attached hydrogens (tertiary/aromatic N) is 3. The first-order chi connectivity index (χ1) is 8.97. The number of carbonyl (C=O) groups is 1. The van der Waals surface area contributed by atoms with Crippen LogP contribution in [0.25, 0.3) is 0 Å². The number of rotatable bonds is 3. The fraction of sp³-hybridized carbons (Fsp3) is 0.250. The molecule has 19 heavy (non-hydrogen) atoms. The minimum atomic E-state index is -0.623. The van der Waals surface area contributed by atoms with Crippen molar-refractivity contribution in [3.05, 3.63) is 41.1 Å². The van der Waals surface area contributed by atoms with E-state index < -0.39 is 11.7 Å². The van der Waals surface area contributed by atoms with Crippen LogP contribution in [0.4, 0.5) is 10.2 Å². The lowest BCUT2D eigenvalue weighted by Gasteiger charge is -2.05. The molecule has 0 radical (unpaired) electrons. The van der Waals surface area contributed by atoms with Crippen molar-refractivity contribution in [3.63, 3.8) is 0 Å². The molecule has 1 amide bonds. The highest BCUT2D eigenvalue weighted by Gasteiger charge is 2.14. The molecule has 5 nitrogen and oxygen atoms in total. The number of halogens is 2. The van der Waals surface area contributed by atoms with Gasteiger partial charge in [-0.15, -0.1) is 0 Å². The summed E-state index contributed by atoms with van der Waals surface area (Å²) < 4.78 is 14.7. The van der Waals surface area contributed by atoms with E-state index in [-0.39, 0.29) is 16.8 Å². The molecule has 1 N–H and O–H groups in total. The molecule has 2 aromatic heterocycles. The second-order valence-electron chi connectivity index (χ2n) is 4.22.